The Morgan fingerprint density at radius 3 is 2.59 bits per heavy atom. The van der Waals surface area contributed by atoms with Gasteiger partial charge in [-0.3, -0.25) is 4.79 Å². The van der Waals surface area contributed by atoms with Crippen molar-refractivity contribution in [3.63, 3.8) is 0 Å². The summed E-state index contributed by atoms with van der Waals surface area (Å²) in [6.07, 6.45) is 0.879. The molecule has 0 spiro atoms. The number of nitrogens with zero attached hydrogens (tertiary/aromatic N) is 1. The topological polar surface area (TPSA) is 20.3 Å². The maximum atomic E-state index is 12.3. The van der Waals surface area contributed by atoms with Gasteiger partial charge in [-0.15, -0.1) is 0 Å². The molecule has 2 heteroatoms. The summed E-state index contributed by atoms with van der Waals surface area (Å²) >= 11 is 0. The Bertz CT molecular complexity index is 411. The van der Waals surface area contributed by atoms with Crippen LogP contribution in [0.3, 0.4) is 0 Å². The summed E-state index contributed by atoms with van der Waals surface area (Å²) in [6.45, 7) is 8.00. The van der Waals surface area contributed by atoms with E-state index in [1.807, 2.05) is 11.8 Å². The third-order valence-corrected chi connectivity index (χ3v) is 3.32. The Balaban J connectivity index is 2.28. The molecule has 92 valence electrons. The minimum absolute atomic E-state index is 0.109. The third-order valence-electron chi connectivity index (χ3n) is 3.32. The lowest BCUT2D eigenvalue weighted by molar-refractivity contribution is -0.135. The van der Waals surface area contributed by atoms with Crippen molar-refractivity contribution >= 4 is 5.91 Å². The van der Waals surface area contributed by atoms with E-state index in [0.29, 0.717) is 11.8 Å². The van der Waals surface area contributed by atoms with Crippen molar-refractivity contribution in [2.45, 2.75) is 33.7 Å². The molecule has 1 atom stereocenters. The molecular formula is C15H21NO. The van der Waals surface area contributed by atoms with E-state index in [1.54, 1.807) is 0 Å². The van der Waals surface area contributed by atoms with Crippen molar-refractivity contribution in [3.05, 3.63) is 35.4 Å². The van der Waals surface area contributed by atoms with Gasteiger partial charge in [-0.05, 0) is 23.5 Å². The molecule has 1 aliphatic heterocycles. The van der Waals surface area contributed by atoms with Crippen molar-refractivity contribution in [2.75, 3.05) is 6.54 Å². The highest BCUT2D eigenvalue weighted by Gasteiger charge is 2.26. The molecule has 17 heavy (non-hydrogen) atoms. The van der Waals surface area contributed by atoms with Gasteiger partial charge in [0.2, 0.25) is 5.91 Å². The van der Waals surface area contributed by atoms with E-state index < -0.39 is 0 Å². The molecule has 2 nitrogen and oxygen atoms in total. The van der Waals surface area contributed by atoms with Gasteiger partial charge in [-0.1, -0.05) is 45.0 Å². The number of benzene rings is 1. The predicted molar refractivity (Wildman–Crippen MR) is 69.6 cm³/mol. The summed E-state index contributed by atoms with van der Waals surface area (Å²) in [7, 11) is 0. The van der Waals surface area contributed by atoms with Gasteiger partial charge in [0, 0.05) is 19.0 Å². The lowest BCUT2D eigenvalue weighted by Crippen LogP contribution is -2.36. The SMILES string of the molecule is CC(C)CN1Cc2ccccc2CC(C)C1=O. The zero-order valence-corrected chi connectivity index (χ0v) is 10.9. The standard InChI is InChI=1S/C15H21NO/c1-11(2)9-16-10-14-7-5-4-6-13(14)8-12(3)15(16)17/h4-7,11-12H,8-10H2,1-3H3. The van der Waals surface area contributed by atoms with Crippen LogP contribution in [-0.2, 0) is 17.8 Å². The van der Waals surface area contributed by atoms with Crippen molar-refractivity contribution in [3.8, 4) is 0 Å². The highest BCUT2D eigenvalue weighted by molar-refractivity contribution is 5.79. The van der Waals surface area contributed by atoms with Gasteiger partial charge in [0.05, 0.1) is 0 Å². The zero-order chi connectivity index (χ0) is 12.4. The number of hydrogen-bond acceptors (Lipinski definition) is 1. The van der Waals surface area contributed by atoms with Crippen LogP contribution in [0.25, 0.3) is 0 Å². The van der Waals surface area contributed by atoms with E-state index in [4.69, 9.17) is 0 Å². The summed E-state index contributed by atoms with van der Waals surface area (Å²) in [5, 5.41) is 0. The zero-order valence-electron chi connectivity index (χ0n) is 10.9. The molecule has 0 bridgehead atoms. The highest BCUT2D eigenvalue weighted by Crippen LogP contribution is 2.23. The van der Waals surface area contributed by atoms with Crippen molar-refractivity contribution < 1.29 is 4.79 Å². The maximum absolute atomic E-state index is 12.3. The van der Waals surface area contributed by atoms with Gasteiger partial charge < -0.3 is 4.90 Å². The third kappa shape index (κ3) is 2.68. The van der Waals surface area contributed by atoms with Crippen LogP contribution >= 0.6 is 0 Å². The highest BCUT2D eigenvalue weighted by atomic mass is 16.2. The summed E-state index contributed by atoms with van der Waals surface area (Å²) in [5.74, 6) is 0.934. The molecule has 1 unspecified atom stereocenters. The fourth-order valence-electron chi connectivity index (χ4n) is 2.52. The van der Waals surface area contributed by atoms with Gasteiger partial charge in [-0.2, -0.15) is 0 Å². The molecule has 0 aromatic heterocycles. The monoisotopic (exact) mass is 231 g/mol. The average molecular weight is 231 g/mol. The predicted octanol–water partition coefficient (Wildman–Crippen LogP) is 2.86. The molecule has 0 saturated heterocycles. The molecule has 0 radical (unpaired) electrons. The van der Waals surface area contributed by atoms with Gasteiger partial charge in [0.1, 0.15) is 0 Å². The van der Waals surface area contributed by atoms with E-state index >= 15 is 0 Å². The Morgan fingerprint density at radius 2 is 1.94 bits per heavy atom. The van der Waals surface area contributed by atoms with Gasteiger partial charge in [0.25, 0.3) is 0 Å². The van der Waals surface area contributed by atoms with Crippen LogP contribution in [0.1, 0.15) is 31.9 Å². The first-order valence-electron chi connectivity index (χ1n) is 6.43. The lowest BCUT2D eigenvalue weighted by Gasteiger charge is -2.25. The van der Waals surface area contributed by atoms with Gasteiger partial charge >= 0.3 is 0 Å². The number of hydrogen-bond donors (Lipinski definition) is 0. The Hall–Kier alpha value is -1.31. The molecule has 1 aliphatic rings. The van der Waals surface area contributed by atoms with Crippen molar-refractivity contribution in [2.24, 2.45) is 11.8 Å². The van der Waals surface area contributed by atoms with Crippen LogP contribution in [-0.4, -0.2) is 17.4 Å². The van der Waals surface area contributed by atoms with Crippen molar-refractivity contribution in [1.29, 1.82) is 0 Å². The van der Waals surface area contributed by atoms with Gasteiger partial charge in [0.15, 0.2) is 0 Å². The van der Waals surface area contributed by atoms with Crippen LogP contribution in [0, 0.1) is 11.8 Å². The van der Waals surface area contributed by atoms with Crippen LogP contribution in [0.4, 0.5) is 0 Å². The van der Waals surface area contributed by atoms with Crippen LogP contribution in [0.2, 0.25) is 0 Å². The maximum Gasteiger partial charge on any atom is 0.226 e. The Labute approximate surface area is 104 Å². The fourth-order valence-corrected chi connectivity index (χ4v) is 2.52. The van der Waals surface area contributed by atoms with Crippen LogP contribution < -0.4 is 0 Å². The average Bonchev–Trinajstić information content (AvgIpc) is 2.38. The Morgan fingerprint density at radius 1 is 1.29 bits per heavy atom. The van der Waals surface area contributed by atoms with E-state index in [9.17, 15) is 4.79 Å². The summed E-state index contributed by atoms with van der Waals surface area (Å²) in [6, 6.07) is 8.42. The largest absolute Gasteiger partial charge is 0.338 e. The van der Waals surface area contributed by atoms with E-state index in [1.165, 1.54) is 11.1 Å². The van der Waals surface area contributed by atoms with E-state index in [-0.39, 0.29) is 5.92 Å². The first kappa shape index (κ1) is 12.2. The molecule has 1 heterocycles. The molecule has 1 aromatic rings. The summed E-state index contributed by atoms with van der Waals surface area (Å²) in [5.41, 5.74) is 2.64. The molecule has 1 amide bonds. The van der Waals surface area contributed by atoms with E-state index in [2.05, 4.69) is 38.1 Å². The van der Waals surface area contributed by atoms with Crippen molar-refractivity contribution in [1.82, 2.24) is 4.90 Å². The molecule has 0 aliphatic carbocycles. The summed E-state index contributed by atoms with van der Waals surface area (Å²) < 4.78 is 0. The fraction of sp³-hybridized carbons (Fsp3) is 0.533. The molecular weight excluding hydrogens is 210 g/mol. The lowest BCUT2D eigenvalue weighted by atomic mass is 9.98. The van der Waals surface area contributed by atoms with Crippen LogP contribution in [0.15, 0.2) is 24.3 Å². The molecule has 0 fully saturated rings. The number of carbonyl (C=O) groups excluding carboxylic acids is 1. The quantitative estimate of drug-likeness (QED) is 0.766. The van der Waals surface area contributed by atoms with Gasteiger partial charge in [-0.25, -0.2) is 0 Å². The number of rotatable bonds is 2. The Kier molecular flexibility index (Phi) is 3.51. The second-order valence-corrected chi connectivity index (χ2v) is 5.49. The summed E-state index contributed by atoms with van der Waals surface area (Å²) in [4.78, 5) is 14.3. The van der Waals surface area contributed by atoms with E-state index in [0.717, 1.165) is 19.5 Å². The molecule has 1 aromatic carbocycles. The number of carbonyl (C=O) groups is 1. The second-order valence-electron chi connectivity index (χ2n) is 5.49. The second kappa shape index (κ2) is 4.91. The minimum atomic E-state index is 0.109. The normalized spacial score (nSPS) is 20.4. The molecule has 0 saturated carbocycles. The minimum Gasteiger partial charge on any atom is -0.338 e. The first-order chi connectivity index (χ1) is 8.08. The number of amides is 1. The first-order valence-corrected chi connectivity index (χ1v) is 6.43. The molecule has 2 rings (SSSR count). The number of fused-ring (bicyclic) bond motifs is 1. The smallest absolute Gasteiger partial charge is 0.226 e. The molecule has 0 N–H and O–H groups in total. The van der Waals surface area contributed by atoms with Crippen LogP contribution in [0.5, 0.6) is 0 Å².